The van der Waals surface area contributed by atoms with Crippen LogP contribution in [-0.2, 0) is 4.79 Å². The largest absolute Gasteiger partial charge is 0.465 e. The van der Waals surface area contributed by atoms with E-state index in [9.17, 15) is 9.90 Å². The van der Waals surface area contributed by atoms with Crippen molar-refractivity contribution in [3.05, 3.63) is 65.1 Å². The molecule has 0 bridgehead atoms. The summed E-state index contributed by atoms with van der Waals surface area (Å²) >= 11 is 5.86. The number of benzene rings is 1. The van der Waals surface area contributed by atoms with Crippen LogP contribution in [0.5, 0.6) is 0 Å². The molecule has 1 amide bonds. The monoisotopic (exact) mass is 305 g/mol. The maximum absolute atomic E-state index is 11.6. The van der Waals surface area contributed by atoms with Gasteiger partial charge < -0.3 is 14.8 Å². The normalized spacial score (nSPS) is 12.5. The first-order valence-electron chi connectivity index (χ1n) is 6.58. The topological polar surface area (TPSA) is 62.5 Å². The van der Waals surface area contributed by atoms with Gasteiger partial charge in [-0.15, -0.1) is 0 Å². The molecule has 2 aromatic rings. The molecule has 5 heteroatoms. The third-order valence-electron chi connectivity index (χ3n) is 2.89. The SMILES string of the molecule is O=C(/C=C/c1ccco1)NCCC(O)c1cccc(Cl)c1. The third kappa shape index (κ3) is 5.10. The Labute approximate surface area is 128 Å². The fraction of sp³-hybridized carbons (Fsp3) is 0.188. The second-order valence-corrected chi connectivity index (χ2v) is 4.94. The number of amides is 1. The Morgan fingerprint density at radius 2 is 2.24 bits per heavy atom. The summed E-state index contributed by atoms with van der Waals surface area (Å²) in [5.74, 6) is 0.383. The van der Waals surface area contributed by atoms with E-state index in [0.717, 1.165) is 5.56 Å². The van der Waals surface area contributed by atoms with Gasteiger partial charge in [0, 0.05) is 17.6 Å². The van der Waals surface area contributed by atoms with Crippen LogP contribution in [0.2, 0.25) is 5.02 Å². The first-order chi connectivity index (χ1) is 10.1. The summed E-state index contributed by atoms with van der Waals surface area (Å²) in [5.41, 5.74) is 0.739. The van der Waals surface area contributed by atoms with Crippen LogP contribution in [0.3, 0.4) is 0 Å². The second-order valence-electron chi connectivity index (χ2n) is 4.50. The molecular weight excluding hydrogens is 290 g/mol. The fourth-order valence-electron chi connectivity index (χ4n) is 1.82. The van der Waals surface area contributed by atoms with E-state index in [2.05, 4.69) is 5.32 Å². The van der Waals surface area contributed by atoms with Crippen LogP contribution >= 0.6 is 11.6 Å². The molecule has 1 aromatic heterocycles. The first kappa shape index (κ1) is 15.4. The van der Waals surface area contributed by atoms with E-state index in [4.69, 9.17) is 16.0 Å². The van der Waals surface area contributed by atoms with Gasteiger partial charge in [-0.1, -0.05) is 23.7 Å². The highest BCUT2D eigenvalue weighted by Crippen LogP contribution is 2.19. The van der Waals surface area contributed by atoms with Crippen molar-refractivity contribution in [2.75, 3.05) is 6.54 Å². The number of aliphatic hydroxyl groups is 1. The highest BCUT2D eigenvalue weighted by atomic mass is 35.5. The van der Waals surface area contributed by atoms with Gasteiger partial charge in [0.2, 0.25) is 5.91 Å². The van der Waals surface area contributed by atoms with Crippen LogP contribution in [0.4, 0.5) is 0 Å². The van der Waals surface area contributed by atoms with Crippen LogP contribution in [-0.4, -0.2) is 17.6 Å². The molecule has 1 atom stereocenters. The molecule has 0 fully saturated rings. The Bertz CT molecular complexity index is 608. The quantitative estimate of drug-likeness (QED) is 0.806. The maximum atomic E-state index is 11.6. The van der Waals surface area contributed by atoms with E-state index in [1.54, 1.807) is 48.7 Å². The summed E-state index contributed by atoms with van der Waals surface area (Å²) in [6.07, 6.45) is 4.28. The number of carbonyl (C=O) groups is 1. The minimum atomic E-state index is -0.655. The summed E-state index contributed by atoms with van der Waals surface area (Å²) in [6, 6.07) is 10.6. The second kappa shape index (κ2) is 7.67. The van der Waals surface area contributed by atoms with Crippen molar-refractivity contribution < 1.29 is 14.3 Å². The zero-order valence-corrected chi connectivity index (χ0v) is 12.1. The van der Waals surface area contributed by atoms with Crippen molar-refractivity contribution in [3.8, 4) is 0 Å². The molecule has 0 radical (unpaired) electrons. The summed E-state index contributed by atoms with van der Waals surface area (Å²) in [4.78, 5) is 11.6. The molecule has 2 rings (SSSR count). The molecule has 0 saturated heterocycles. The molecule has 0 spiro atoms. The number of hydrogen-bond acceptors (Lipinski definition) is 3. The molecule has 0 saturated carbocycles. The average molecular weight is 306 g/mol. The number of halogens is 1. The molecule has 1 aromatic carbocycles. The molecule has 110 valence electrons. The third-order valence-corrected chi connectivity index (χ3v) is 3.13. The Balaban J connectivity index is 1.75. The highest BCUT2D eigenvalue weighted by Gasteiger charge is 2.08. The molecule has 4 nitrogen and oxygen atoms in total. The molecule has 1 unspecified atom stereocenters. The van der Waals surface area contributed by atoms with Gasteiger partial charge in [0.15, 0.2) is 0 Å². The fourth-order valence-corrected chi connectivity index (χ4v) is 2.01. The van der Waals surface area contributed by atoms with Crippen LogP contribution in [0, 0.1) is 0 Å². The Kier molecular flexibility index (Phi) is 5.60. The number of rotatable bonds is 6. The van der Waals surface area contributed by atoms with Crippen molar-refractivity contribution in [2.45, 2.75) is 12.5 Å². The summed E-state index contributed by atoms with van der Waals surface area (Å²) in [7, 11) is 0. The molecule has 21 heavy (non-hydrogen) atoms. The minimum Gasteiger partial charge on any atom is -0.465 e. The van der Waals surface area contributed by atoms with Gasteiger partial charge >= 0.3 is 0 Å². The zero-order chi connectivity index (χ0) is 15.1. The van der Waals surface area contributed by atoms with Gasteiger partial charge in [-0.2, -0.15) is 0 Å². The molecule has 0 aliphatic rings. The van der Waals surface area contributed by atoms with Crippen molar-refractivity contribution >= 4 is 23.6 Å². The van der Waals surface area contributed by atoms with Gasteiger partial charge in [-0.3, -0.25) is 4.79 Å². The van der Waals surface area contributed by atoms with Crippen molar-refractivity contribution in [3.63, 3.8) is 0 Å². The molecular formula is C16H16ClNO3. The van der Waals surface area contributed by atoms with E-state index >= 15 is 0 Å². The number of nitrogens with one attached hydrogen (secondary N) is 1. The summed E-state index contributed by atoms with van der Waals surface area (Å²) in [6.45, 7) is 0.370. The van der Waals surface area contributed by atoms with E-state index in [-0.39, 0.29) is 5.91 Å². The van der Waals surface area contributed by atoms with Gasteiger partial charge in [-0.05, 0) is 42.3 Å². The Morgan fingerprint density at radius 3 is 2.95 bits per heavy atom. The average Bonchev–Trinajstić information content (AvgIpc) is 2.98. The van der Waals surface area contributed by atoms with Gasteiger partial charge in [-0.25, -0.2) is 0 Å². The zero-order valence-electron chi connectivity index (χ0n) is 11.3. The van der Waals surface area contributed by atoms with Crippen molar-refractivity contribution in [2.24, 2.45) is 0 Å². The van der Waals surface area contributed by atoms with E-state index < -0.39 is 6.10 Å². The number of aliphatic hydroxyl groups excluding tert-OH is 1. The van der Waals surface area contributed by atoms with E-state index in [1.807, 2.05) is 0 Å². The first-order valence-corrected chi connectivity index (χ1v) is 6.96. The lowest BCUT2D eigenvalue weighted by atomic mass is 10.1. The van der Waals surface area contributed by atoms with Crippen LogP contribution < -0.4 is 5.32 Å². The Hall–Kier alpha value is -2.04. The Morgan fingerprint density at radius 1 is 1.38 bits per heavy atom. The minimum absolute atomic E-state index is 0.232. The molecule has 0 aliphatic carbocycles. The van der Waals surface area contributed by atoms with Crippen LogP contribution in [0.1, 0.15) is 23.8 Å². The number of hydrogen-bond donors (Lipinski definition) is 2. The maximum Gasteiger partial charge on any atom is 0.244 e. The predicted octanol–water partition coefficient (Wildman–Crippen LogP) is 3.19. The highest BCUT2D eigenvalue weighted by molar-refractivity contribution is 6.30. The smallest absolute Gasteiger partial charge is 0.244 e. The summed E-state index contributed by atoms with van der Waals surface area (Å²) < 4.78 is 5.08. The van der Waals surface area contributed by atoms with E-state index in [0.29, 0.717) is 23.7 Å². The lowest BCUT2D eigenvalue weighted by Gasteiger charge is -2.11. The number of carbonyl (C=O) groups excluding carboxylic acids is 1. The number of furan rings is 1. The molecule has 2 N–H and O–H groups in total. The van der Waals surface area contributed by atoms with Gasteiger partial charge in [0.05, 0.1) is 12.4 Å². The lowest BCUT2D eigenvalue weighted by Crippen LogP contribution is -2.23. The van der Waals surface area contributed by atoms with Crippen molar-refractivity contribution in [1.29, 1.82) is 0 Å². The van der Waals surface area contributed by atoms with Gasteiger partial charge in [0.25, 0.3) is 0 Å². The standard InChI is InChI=1S/C16H16ClNO3/c17-13-4-1-3-12(11-13)15(19)8-9-18-16(20)7-6-14-5-2-10-21-14/h1-7,10-11,15,19H,8-9H2,(H,18,20)/b7-6+. The van der Waals surface area contributed by atoms with Crippen LogP contribution in [0.15, 0.2) is 53.2 Å². The van der Waals surface area contributed by atoms with E-state index in [1.165, 1.54) is 6.08 Å². The summed E-state index contributed by atoms with van der Waals surface area (Å²) in [5, 5.41) is 13.3. The molecule has 0 aliphatic heterocycles. The van der Waals surface area contributed by atoms with Crippen LogP contribution in [0.25, 0.3) is 6.08 Å². The van der Waals surface area contributed by atoms with Gasteiger partial charge in [0.1, 0.15) is 5.76 Å². The predicted molar refractivity (Wildman–Crippen MR) is 81.8 cm³/mol. The lowest BCUT2D eigenvalue weighted by molar-refractivity contribution is -0.116. The molecule has 1 heterocycles. The van der Waals surface area contributed by atoms with Crippen molar-refractivity contribution in [1.82, 2.24) is 5.32 Å².